The summed E-state index contributed by atoms with van der Waals surface area (Å²) < 4.78 is 28.6. The average Bonchev–Trinajstić information content (AvgIpc) is 2.97. The molecule has 1 heterocycles. The highest BCUT2D eigenvalue weighted by atomic mass is 16.6. The molecule has 8 heteroatoms. The predicted molar refractivity (Wildman–Crippen MR) is 155 cm³/mol. The fourth-order valence-electron chi connectivity index (χ4n) is 5.88. The predicted octanol–water partition coefficient (Wildman–Crippen LogP) is 5.84. The van der Waals surface area contributed by atoms with Gasteiger partial charge in [-0.3, -0.25) is 4.79 Å². The van der Waals surface area contributed by atoms with Gasteiger partial charge in [-0.2, -0.15) is 0 Å². The fraction of sp³-hybridized carbons (Fsp3) is 0.625. The zero-order valence-electron chi connectivity index (χ0n) is 24.5. The summed E-state index contributed by atoms with van der Waals surface area (Å²) in [5.41, 5.74) is 0.814. The van der Waals surface area contributed by atoms with Crippen molar-refractivity contribution >= 4 is 11.9 Å². The normalized spacial score (nSPS) is 19.3. The number of ether oxygens (including phenoxy) is 5. The second-order valence-corrected chi connectivity index (χ2v) is 10.7. The highest BCUT2D eigenvalue weighted by Gasteiger charge is 2.41. The molecule has 0 bridgehead atoms. The standard InChI is InChI=1S/C32H47NO7/c1-6-13-23(3)40-32(35)26-16-11-12-17-33(26)31(34)29(24-14-9-8-10-15-24)25-21-27(36-4)30(37-5)28(22-25)39-20-19-38-18-7-2/h6-7,21-24,26,29H,1-2,8-20H2,3-5H3/t23-,26-,29-/m0/s1. The van der Waals surface area contributed by atoms with Gasteiger partial charge in [0.25, 0.3) is 0 Å². The maximum absolute atomic E-state index is 14.5. The Hall–Kier alpha value is -3.00. The van der Waals surface area contributed by atoms with Gasteiger partial charge in [-0.1, -0.05) is 31.4 Å². The molecule has 2 aliphatic rings. The van der Waals surface area contributed by atoms with Gasteiger partial charge < -0.3 is 28.6 Å². The van der Waals surface area contributed by atoms with Gasteiger partial charge in [-0.25, -0.2) is 4.79 Å². The molecule has 0 spiro atoms. The maximum atomic E-state index is 14.5. The number of carbonyl (C=O) groups excluding carboxylic acids is 2. The maximum Gasteiger partial charge on any atom is 0.329 e. The van der Waals surface area contributed by atoms with E-state index < -0.39 is 12.0 Å². The molecule has 0 N–H and O–H groups in total. The number of nitrogens with zero attached hydrogens (tertiary/aromatic N) is 1. The minimum atomic E-state index is -0.586. The number of likely N-dealkylation sites (tertiary alicyclic amines) is 1. The number of hydrogen-bond donors (Lipinski definition) is 0. The summed E-state index contributed by atoms with van der Waals surface area (Å²) in [5, 5.41) is 0. The van der Waals surface area contributed by atoms with Gasteiger partial charge in [0.1, 0.15) is 18.8 Å². The number of methoxy groups -OCH3 is 2. The van der Waals surface area contributed by atoms with Crippen molar-refractivity contribution in [2.45, 2.75) is 82.8 Å². The van der Waals surface area contributed by atoms with Crippen molar-refractivity contribution in [3.8, 4) is 17.2 Å². The van der Waals surface area contributed by atoms with E-state index in [2.05, 4.69) is 13.2 Å². The zero-order chi connectivity index (χ0) is 28.9. The first-order valence-corrected chi connectivity index (χ1v) is 14.6. The van der Waals surface area contributed by atoms with Crippen LogP contribution in [0.4, 0.5) is 0 Å². The van der Waals surface area contributed by atoms with E-state index in [9.17, 15) is 9.59 Å². The molecular weight excluding hydrogens is 510 g/mol. The van der Waals surface area contributed by atoms with E-state index in [1.165, 1.54) is 6.42 Å². The third kappa shape index (κ3) is 8.26. The Morgan fingerprint density at radius 2 is 1.70 bits per heavy atom. The summed E-state index contributed by atoms with van der Waals surface area (Å²) in [6, 6.07) is 3.20. The summed E-state index contributed by atoms with van der Waals surface area (Å²) in [7, 11) is 3.15. The van der Waals surface area contributed by atoms with Crippen LogP contribution in [-0.4, -0.2) is 69.5 Å². The lowest BCUT2D eigenvalue weighted by Crippen LogP contribution is -2.51. The Morgan fingerprint density at radius 1 is 0.975 bits per heavy atom. The highest BCUT2D eigenvalue weighted by molar-refractivity contribution is 5.89. The number of benzene rings is 1. The Labute approximate surface area is 239 Å². The van der Waals surface area contributed by atoms with E-state index in [1.54, 1.807) is 31.3 Å². The molecule has 1 aromatic rings. The summed E-state index contributed by atoms with van der Waals surface area (Å²) in [6.07, 6.45) is 11.3. The smallest absolute Gasteiger partial charge is 0.329 e. The SMILES string of the molecule is C=CCOCCOc1cc([C@@H](C(=O)N2CCCC[C@H]2C(=O)O[C@@H](C)CC=C)C2CCCCC2)cc(OC)c1OC. The van der Waals surface area contributed by atoms with Crippen molar-refractivity contribution in [2.24, 2.45) is 5.92 Å². The molecule has 1 saturated heterocycles. The topological polar surface area (TPSA) is 83.5 Å². The van der Waals surface area contributed by atoms with Gasteiger partial charge in [0, 0.05) is 13.0 Å². The second-order valence-electron chi connectivity index (χ2n) is 10.7. The number of amides is 1. The third-order valence-electron chi connectivity index (χ3n) is 7.81. The fourth-order valence-corrected chi connectivity index (χ4v) is 5.88. The van der Waals surface area contributed by atoms with Crippen LogP contribution in [0, 0.1) is 5.92 Å². The van der Waals surface area contributed by atoms with E-state index >= 15 is 0 Å². The van der Waals surface area contributed by atoms with Crippen LogP contribution in [0.5, 0.6) is 17.2 Å². The molecule has 3 rings (SSSR count). The third-order valence-corrected chi connectivity index (χ3v) is 7.81. The van der Waals surface area contributed by atoms with Crippen molar-refractivity contribution in [1.82, 2.24) is 4.90 Å². The first kappa shape index (κ1) is 31.5. The molecule has 40 heavy (non-hydrogen) atoms. The van der Waals surface area contributed by atoms with Crippen LogP contribution in [0.15, 0.2) is 37.4 Å². The monoisotopic (exact) mass is 557 g/mol. The lowest BCUT2D eigenvalue weighted by molar-refractivity contribution is -0.161. The molecule has 1 aliphatic heterocycles. The summed E-state index contributed by atoms with van der Waals surface area (Å²) in [5.74, 6) is 0.836. The minimum absolute atomic E-state index is 0.0302. The van der Waals surface area contributed by atoms with Crippen molar-refractivity contribution in [2.75, 3.05) is 40.6 Å². The van der Waals surface area contributed by atoms with Crippen LogP contribution in [-0.2, 0) is 19.1 Å². The molecule has 1 aliphatic carbocycles. The van der Waals surface area contributed by atoms with Crippen molar-refractivity contribution in [3.05, 3.63) is 43.0 Å². The molecule has 0 aromatic heterocycles. The lowest BCUT2D eigenvalue weighted by Gasteiger charge is -2.39. The van der Waals surface area contributed by atoms with Gasteiger partial charge in [-0.05, 0) is 62.6 Å². The Balaban J connectivity index is 1.96. The minimum Gasteiger partial charge on any atom is -0.493 e. The van der Waals surface area contributed by atoms with E-state index in [0.29, 0.717) is 56.5 Å². The number of esters is 1. The van der Waals surface area contributed by atoms with E-state index in [1.807, 2.05) is 19.1 Å². The van der Waals surface area contributed by atoms with Gasteiger partial charge in [0.05, 0.1) is 33.4 Å². The molecule has 8 nitrogen and oxygen atoms in total. The van der Waals surface area contributed by atoms with Crippen LogP contribution >= 0.6 is 0 Å². The number of hydrogen-bond acceptors (Lipinski definition) is 7. The number of rotatable bonds is 15. The molecule has 3 atom stereocenters. The number of carbonyl (C=O) groups is 2. The van der Waals surface area contributed by atoms with Gasteiger partial charge in [0.2, 0.25) is 11.7 Å². The van der Waals surface area contributed by atoms with Gasteiger partial charge in [-0.15, -0.1) is 13.2 Å². The quantitative estimate of drug-likeness (QED) is 0.152. The van der Waals surface area contributed by atoms with Gasteiger partial charge >= 0.3 is 5.97 Å². The highest BCUT2D eigenvalue weighted by Crippen LogP contribution is 2.45. The zero-order valence-corrected chi connectivity index (χ0v) is 24.5. The van der Waals surface area contributed by atoms with Crippen LogP contribution in [0.1, 0.15) is 76.2 Å². The van der Waals surface area contributed by atoms with E-state index in [4.69, 9.17) is 23.7 Å². The molecule has 2 fully saturated rings. The van der Waals surface area contributed by atoms with Crippen LogP contribution in [0.25, 0.3) is 0 Å². The van der Waals surface area contributed by atoms with E-state index in [0.717, 1.165) is 44.1 Å². The molecule has 1 amide bonds. The van der Waals surface area contributed by atoms with Crippen LogP contribution < -0.4 is 14.2 Å². The molecule has 1 saturated carbocycles. The van der Waals surface area contributed by atoms with Crippen molar-refractivity contribution in [3.63, 3.8) is 0 Å². The van der Waals surface area contributed by atoms with Gasteiger partial charge in [0.15, 0.2) is 11.5 Å². The Bertz CT molecular complexity index is 988. The molecule has 0 unspecified atom stereocenters. The summed E-state index contributed by atoms with van der Waals surface area (Å²) in [6.45, 7) is 10.9. The first-order chi connectivity index (χ1) is 19.4. The largest absolute Gasteiger partial charge is 0.493 e. The van der Waals surface area contributed by atoms with Crippen LogP contribution in [0.2, 0.25) is 0 Å². The second kappa shape index (κ2) is 16.3. The summed E-state index contributed by atoms with van der Waals surface area (Å²) >= 11 is 0. The Morgan fingerprint density at radius 3 is 2.38 bits per heavy atom. The van der Waals surface area contributed by atoms with E-state index in [-0.39, 0.29) is 23.9 Å². The number of piperidine rings is 1. The average molecular weight is 558 g/mol. The Kier molecular flexibility index (Phi) is 12.9. The lowest BCUT2D eigenvalue weighted by atomic mass is 9.75. The molecular formula is C32H47NO7. The van der Waals surface area contributed by atoms with Crippen molar-refractivity contribution < 1.29 is 33.3 Å². The molecule has 1 aromatic carbocycles. The van der Waals surface area contributed by atoms with Crippen LogP contribution in [0.3, 0.4) is 0 Å². The first-order valence-electron chi connectivity index (χ1n) is 14.6. The van der Waals surface area contributed by atoms with Crippen molar-refractivity contribution in [1.29, 1.82) is 0 Å². The molecule has 222 valence electrons. The summed E-state index contributed by atoms with van der Waals surface area (Å²) in [4.78, 5) is 29.5. The molecule has 0 radical (unpaired) electrons.